The summed E-state index contributed by atoms with van der Waals surface area (Å²) in [7, 11) is 1.65. The molecule has 0 radical (unpaired) electrons. The van der Waals surface area contributed by atoms with Crippen LogP contribution in [0, 0.1) is 0 Å². The highest BCUT2D eigenvalue weighted by Gasteiger charge is 2.24. The van der Waals surface area contributed by atoms with Gasteiger partial charge in [0.05, 0.1) is 19.7 Å². The summed E-state index contributed by atoms with van der Waals surface area (Å²) < 4.78 is 11.3. The largest absolute Gasteiger partial charge is 0.496 e. The van der Waals surface area contributed by atoms with Crippen LogP contribution in [-0.4, -0.2) is 40.1 Å². The average molecular weight is 380 g/mol. The van der Waals surface area contributed by atoms with Crippen LogP contribution in [0.5, 0.6) is 11.6 Å². The zero-order valence-electron chi connectivity index (χ0n) is 15.9. The second kappa shape index (κ2) is 8.29. The normalized spacial score (nSPS) is 19.3. The van der Waals surface area contributed by atoms with Crippen LogP contribution < -0.4 is 14.8 Å². The van der Waals surface area contributed by atoms with Gasteiger partial charge in [-0.1, -0.05) is 6.07 Å². The molecule has 2 aromatic heterocycles. The van der Waals surface area contributed by atoms with Crippen LogP contribution in [0.25, 0.3) is 10.9 Å². The SMILES string of the molecule is COc1cccc2[nH]cc(CC(=O)NC3CCC(Oc4cnccn4)CC3)c12. The summed E-state index contributed by atoms with van der Waals surface area (Å²) in [6.07, 6.45) is 10.8. The Morgan fingerprint density at radius 1 is 1.25 bits per heavy atom. The number of benzene rings is 1. The van der Waals surface area contributed by atoms with E-state index < -0.39 is 0 Å². The summed E-state index contributed by atoms with van der Waals surface area (Å²) >= 11 is 0. The lowest BCUT2D eigenvalue weighted by molar-refractivity contribution is -0.121. The quantitative estimate of drug-likeness (QED) is 0.686. The third kappa shape index (κ3) is 4.08. The highest BCUT2D eigenvalue weighted by molar-refractivity contribution is 5.93. The molecule has 1 aliphatic carbocycles. The van der Waals surface area contributed by atoms with Crippen LogP contribution in [0.1, 0.15) is 31.2 Å². The zero-order valence-corrected chi connectivity index (χ0v) is 15.9. The van der Waals surface area contributed by atoms with Gasteiger partial charge in [-0.05, 0) is 43.4 Å². The summed E-state index contributed by atoms with van der Waals surface area (Å²) in [4.78, 5) is 24.0. The summed E-state index contributed by atoms with van der Waals surface area (Å²) in [6.45, 7) is 0. The lowest BCUT2D eigenvalue weighted by Crippen LogP contribution is -2.40. The van der Waals surface area contributed by atoms with Crippen LogP contribution in [0.4, 0.5) is 0 Å². The number of hydrogen-bond donors (Lipinski definition) is 2. The van der Waals surface area contributed by atoms with Crippen LogP contribution in [0.3, 0.4) is 0 Å². The minimum Gasteiger partial charge on any atom is -0.496 e. The van der Waals surface area contributed by atoms with Gasteiger partial charge >= 0.3 is 0 Å². The molecule has 0 bridgehead atoms. The van der Waals surface area contributed by atoms with E-state index in [4.69, 9.17) is 9.47 Å². The van der Waals surface area contributed by atoms with E-state index >= 15 is 0 Å². The van der Waals surface area contributed by atoms with E-state index in [2.05, 4.69) is 20.3 Å². The summed E-state index contributed by atoms with van der Waals surface area (Å²) in [6, 6.07) is 6.01. The van der Waals surface area contributed by atoms with E-state index in [0.29, 0.717) is 12.3 Å². The molecule has 0 atom stereocenters. The van der Waals surface area contributed by atoms with Crippen LogP contribution >= 0.6 is 0 Å². The Bertz CT molecular complexity index is 933. The number of fused-ring (bicyclic) bond motifs is 1. The molecule has 7 heteroatoms. The van der Waals surface area contributed by atoms with Crippen molar-refractivity contribution in [2.75, 3.05) is 7.11 Å². The highest BCUT2D eigenvalue weighted by Crippen LogP contribution is 2.29. The predicted octanol–water partition coefficient (Wildman–Crippen LogP) is 3.02. The molecule has 0 aliphatic heterocycles. The Labute approximate surface area is 163 Å². The van der Waals surface area contributed by atoms with Crippen molar-refractivity contribution in [3.05, 3.63) is 48.5 Å². The van der Waals surface area contributed by atoms with Crippen LogP contribution in [0.2, 0.25) is 0 Å². The fraction of sp³-hybridized carbons (Fsp3) is 0.381. The number of nitrogens with zero attached hydrogens (tertiary/aromatic N) is 2. The van der Waals surface area contributed by atoms with E-state index in [0.717, 1.165) is 47.9 Å². The number of carbonyl (C=O) groups excluding carboxylic acids is 1. The predicted molar refractivity (Wildman–Crippen MR) is 105 cm³/mol. The molecule has 1 fully saturated rings. The average Bonchev–Trinajstić information content (AvgIpc) is 3.13. The number of rotatable bonds is 6. The van der Waals surface area contributed by atoms with Gasteiger partial charge in [0.25, 0.3) is 0 Å². The van der Waals surface area contributed by atoms with Crippen molar-refractivity contribution in [3.8, 4) is 11.6 Å². The molecule has 1 amide bonds. The Morgan fingerprint density at radius 2 is 2.11 bits per heavy atom. The number of H-pyrrole nitrogens is 1. The first kappa shape index (κ1) is 18.3. The molecule has 2 heterocycles. The van der Waals surface area contributed by atoms with Crippen molar-refractivity contribution >= 4 is 16.8 Å². The third-order valence-electron chi connectivity index (χ3n) is 5.19. The van der Waals surface area contributed by atoms with Gasteiger partial charge in [0, 0.05) is 35.5 Å². The van der Waals surface area contributed by atoms with E-state index in [1.165, 1.54) is 0 Å². The molecule has 1 saturated carbocycles. The summed E-state index contributed by atoms with van der Waals surface area (Å²) in [5.41, 5.74) is 1.92. The Hall–Kier alpha value is -3.09. The first-order valence-electron chi connectivity index (χ1n) is 9.58. The lowest BCUT2D eigenvalue weighted by Gasteiger charge is -2.29. The fourth-order valence-electron chi connectivity index (χ4n) is 3.82. The number of aromatic amines is 1. The molecule has 0 spiro atoms. The van der Waals surface area contributed by atoms with Gasteiger partial charge in [0.1, 0.15) is 11.9 Å². The maximum atomic E-state index is 12.6. The van der Waals surface area contributed by atoms with Crippen molar-refractivity contribution in [1.82, 2.24) is 20.3 Å². The van der Waals surface area contributed by atoms with E-state index in [1.807, 2.05) is 24.4 Å². The number of hydrogen-bond acceptors (Lipinski definition) is 5. The standard InChI is InChI=1S/C21H24N4O3/c1-27-18-4-2-3-17-21(18)14(12-24-17)11-19(26)25-15-5-7-16(8-6-15)28-20-13-22-9-10-23-20/h2-4,9-10,12-13,15-16,24H,5-8,11H2,1H3,(H,25,26). The Kier molecular flexibility index (Phi) is 5.41. The van der Waals surface area contributed by atoms with Crippen molar-refractivity contribution in [1.29, 1.82) is 0 Å². The van der Waals surface area contributed by atoms with Gasteiger partial charge in [0.2, 0.25) is 11.8 Å². The minimum absolute atomic E-state index is 0.0325. The van der Waals surface area contributed by atoms with Crippen molar-refractivity contribution in [2.45, 2.75) is 44.2 Å². The van der Waals surface area contributed by atoms with E-state index in [1.54, 1.807) is 25.7 Å². The van der Waals surface area contributed by atoms with Gasteiger partial charge in [0.15, 0.2) is 0 Å². The first-order chi connectivity index (χ1) is 13.7. The van der Waals surface area contributed by atoms with Gasteiger partial charge in [-0.2, -0.15) is 0 Å². The molecule has 1 aliphatic rings. The van der Waals surface area contributed by atoms with Crippen LogP contribution in [0.15, 0.2) is 43.0 Å². The van der Waals surface area contributed by atoms with Gasteiger partial charge in [-0.15, -0.1) is 0 Å². The summed E-state index contributed by atoms with van der Waals surface area (Å²) in [5.74, 6) is 1.37. The maximum absolute atomic E-state index is 12.6. The molecule has 1 aromatic carbocycles. The number of ether oxygens (including phenoxy) is 2. The monoisotopic (exact) mass is 380 g/mol. The van der Waals surface area contributed by atoms with Crippen molar-refractivity contribution in [3.63, 3.8) is 0 Å². The Morgan fingerprint density at radius 3 is 2.86 bits per heavy atom. The lowest BCUT2D eigenvalue weighted by atomic mass is 9.92. The molecule has 4 rings (SSSR count). The highest BCUT2D eigenvalue weighted by atomic mass is 16.5. The van der Waals surface area contributed by atoms with E-state index in [9.17, 15) is 4.79 Å². The molecule has 3 aromatic rings. The number of carbonyl (C=O) groups is 1. The molecule has 7 nitrogen and oxygen atoms in total. The van der Waals surface area contributed by atoms with Gasteiger partial charge < -0.3 is 19.8 Å². The number of methoxy groups -OCH3 is 1. The number of aromatic nitrogens is 3. The second-order valence-corrected chi connectivity index (χ2v) is 7.08. The van der Waals surface area contributed by atoms with Gasteiger partial charge in [-0.3, -0.25) is 9.78 Å². The smallest absolute Gasteiger partial charge is 0.232 e. The molecular weight excluding hydrogens is 356 g/mol. The van der Waals surface area contributed by atoms with Crippen LogP contribution in [-0.2, 0) is 11.2 Å². The van der Waals surface area contributed by atoms with E-state index in [-0.39, 0.29) is 18.1 Å². The number of amides is 1. The summed E-state index contributed by atoms with van der Waals surface area (Å²) in [5, 5.41) is 4.14. The number of nitrogens with one attached hydrogen (secondary N) is 2. The molecule has 2 N–H and O–H groups in total. The third-order valence-corrected chi connectivity index (χ3v) is 5.19. The van der Waals surface area contributed by atoms with Crippen molar-refractivity contribution < 1.29 is 14.3 Å². The van der Waals surface area contributed by atoms with Crippen molar-refractivity contribution in [2.24, 2.45) is 0 Å². The fourth-order valence-corrected chi connectivity index (χ4v) is 3.82. The molecule has 146 valence electrons. The maximum Gasteiger partial charge on any atom is 0.232 e. The van der Waals surface area contributed by atoms with Gasteiger partial charge in [-0.25, -0.2) is 4.98 Å². The minimum atomic E-state index is 0.0325. The first-order valence-corrected chi connectivity index (χ1v) is 9.58. The Balaban J connectivity index is 1.31. The topological polar surface area (TPSA) is 89.1 Å². The molecular formula is C21H24N4O3. The zero-order chi connectivity index (χ0) is 19.3. The second-order valence-electron chi connectivity index (χ2n) is 7.08. The molecule has 28 heavy (non-hydrogen) atoms. The molecule has 0 unspecified atom stereocenters. The molecule has 0 saturated heterocycles.